The van der Waals surface area contributed by atoms with Crippen molar-refractivity contribution in [2.75, 3.05) is 18.4 Å². The summed E-state index contributed by atoms with van der Waals surface area (Å²) in [6.07, 6.45) is 3.85. The van der Waals surface area contributed by atoms with Crippen LogP contribution in [0, 0.1) is 0 Å². The van der Waals surface area contributed by atoms with Gasteiger partial charge >= 0.3 is 0 Å². The van der Waals surface area contributed by atoms with Crippen LogP contribution in [0.4, 0.5) is 5.69 Å². The van der Waals surface area contributed by atoms with Gasteiger partial charge in [0.15, 0.2) is 0 Å². The van der Waals surface area contributed by atoms with Gasteiger partial charge in [0.25, 0.3) is 5.91 Å². The molecule has 0 aliphatic carbocycles. The number of hydrogen-bond acceptors (Lipinski definition) is 5. The molecule has 0 fully saturated rings. The molecule has 0 spiro atoms. The smallest absolute Gasteiger partial charge is 0.252 e. The van der Waals surface area contributed by atoms with E-state index in [4.69, 9.17) is 5.73 Å². The SMILES string of the molecule is NC(=O)c1cnccc1NCC(=O)N1CCc2sccc2C1. The molecule has 0 bridgehead atoms. The van der Waals surface area contributed by atoms with Crippen LogP contribution < -0.4 is 11.1 Å². The largest absolute Gasteiger partial charge is 0.375 e. The summed E-state index contributed by atoms with van der Waals surface area (Å²) in [5.41, 5.74) is 7.34. The second kappa shape index (κ2) is 6.15. The van der Waals surface area contributed by atoms with Crippen LogP contribution >= 0.6 is 11.3 Å². The Balaban J connectivity index is 1.63. The number of thiophene rings is 1. The summed E-state index contributed by atoms with van der Waals surface area (Å²) < 4.78 is 0. The van der Waals surface area contributed by atoms with Gasteiger partial charge in [-0.2, -0.15) is 0 Å². The highest BCUT2D eigenvalue weighted by Crippen LogP contribution is 2.24. The van der Waals surface area contributed by atoms with Crippen molar-refractivity contribution in [1.29, 1.82) is 0 Å². The van der Waals surface area contributed by atoms with Crippen LogP contribution in [0.5, 0.6) is 0 Å². The number of amides is 2. The van der Waals surface area contributed by atoms with Gasteiger partial charge in [-0.1, -0.05) is 0 Å². The van der Waals surface area contributed by atoms with Gasteiger partial charge in [0, 0.05) is 30.4 Å². The fourth-order valence-electron chi connectivity index (χ4n) is 2.49. The van der Waals surface area contributed by atoms with Crippen LogP contribution in [0.1, 0.15) is 20.8 Å². The van der Waals surface area contributed by atoms with E-state index in [1.54, 1.807) is 23.6 Å². The molecule has 7 heteroatoms. The van der Waals surface area contributed by atoms with Crippen LogP contribution in [-0.4, -0.2) is 34.8 Å². The van der Waals surface area contributed by atoms with E-state index in [1.807, 2.05) is 4.90 Å². The number of nitrogens with two attached hydrogens (primary N) is 1. The molecule has 0 atom stereocenters. The van der Waals surface area contributed by atoms with E-state index in [0.717, 1.165) is 13.0 Å². The van der Waals surface area contributed by atoms with Crippen LogP contribution in [0.2, 0.25) is 0 Å². The lowest BCUT2D eigenvalue weighted by molar-refractivity contribution is -0.130. The highest BCUT2D eigenvalue weighted by atomic mass is 32.1. The first-order valence-electron chi connectivity index (χ1n) is 6.96. The quantitative estimate of drug-likeness (QED) is 0.888. The number of nitrogens with zero attached hydrogens (tertiary/aromatic N) is 2. The molecule has 1 aliphatic rings. The first-order chi connectivity index (χ1) is 10.6. The zero-order chi connectivity index (χ0) is 15.5. The van der Waals surface area contributed by atoms with Gasteiger partial charge in [-0.15, -0.1) is 11.3 Å². The Bertz CT molecular complexity index is 713. The molecule has 3 N–H and O–H groups in total. The number of aromatic nitrogens is 1. The van der Waals surface area contributed by atoms with E-state index in [2.05, 4.69) is 21.7 Å². The van der Waals surface area contributed by atoms with Crippen molar-refractivity contribution in [3.8, 4) is 0 Å². The summed E-state index contributed by atoms with van der Waals surface area (Å²) in [5.74, 6) is -0.562. The van der Waals surface area contributed by atoms with Crippen molar-refractivity contribution >= 4 is 28.8 Å². The van der Waals surface area contributed by atoms with E-state index in [1.165, 1.54) is 16.6 Å². The van der Waals surface area contributed by atoms with E-state index in [9.17, 15) is 9.59 Å². The molecule has 114 valence electrons. The second-order valence-electron chi connectivity index (χ2n) is 5.07. The Morgan fingerprint density at radius 1 is 1.41 bits per heavy atom. The highest BCUT2D eigenvalue weighted by molar-refractivity contribution is 7.10. The van der Waals surface area contributed by atoms with Crippen molar-refractivity contribution in [3.05, 3.63) is 45.9 Å². The minimum atomic E-state index is -0.566. The summed E-state index contributed by atoms with van der Waals surface area (Å²) in [6, 6.07) is 3.71. The highest BCUT2D eigenvalue weighted by Gasteiger charge is 2.21. The third kappa shape index (κ3) is 2.94. The summed E-state index contributed by atoms with van der Waals surface area (Å²) in [6.45, 7) is 1.51. The first-order valence-corrected chi connectivity index (χ1v) is 7.84. The van der Waals surface area contributed by atoms with Gasteiger partial charge in [-0.25, -0.2) is 0 Å². The average molecular weight is 316 g/mol. The monoisotopic (exact) mass is 316 g/mol. The van der Waals surface area contributed by atoms with Gasteiger partial charge in [0.05, 0.1) is 17.8 Å². The van der Waals surface area contributed by atoms with Gasteiger partial charge in [-0.3, -0.25) is 14.6 Å². The normalized spacial score (nSPS) is 13.5. The van der Waals surface area contributed by atoms with Crippen molar-refractivity contribution in [2.24, 2.45) is 5.73 Å². The maximum atomic E-state index is 12.3. The molecule has 0 unspecified atom stereocenters. The molecule has 0 saturated heterocycles. The lowest BCUT2D eigenvalue weighted by Crippen LogP contribution is -2.39. The van der Waals surface area contributed by atoms with Crippen molar-refractivity contribution in [3.63, 3.8) is 0 Å². The standard InChI is InChI=1S/C15H16N4O2S/c16-15(21)11-7-17-4-1-12(11)18-8-14(20)19-5-2-13-10(9-19)3-6-22-13/h1,3-4,6-7H,2,5,8-9H2,(H2,16,21)(H,17,18). The minimum absolute atomic E-state index is 0.00378. The lowest BCUT2D eigenvalue weighted by atomic mass is 10.1. The minimum Gasteiger partial charge on any atom is -0.375 e. The molecule has 2 aromatic rings. The van der Waals surface area contributed by atoms with Crippen LogP contribution in [0.3, 0.4) is 0 Å². The Morgan fingerprint density at radius 2 is 2.27 bits per heavy atom. The Kier molecular flexibility index (Phi) is 4.06. The average Bonchev–Trinajstić information content (AvgIpc) is 3.00. The Hall–Kier alpha value is -2.41. The van der Waals surface area contributed by atoms with Crippen molar-refractivity contribution in [1.82, 2.24) is 9.88 Å². The van der Waals surface area contributed by atoms with Gasteiger partial charge in [-0.05, 0) is 29.5 Å². The number of hydrogen-bond donors (Lipinski definition) is 2. The molecule has 1 aliphatic heterocycles. The number of carbonyl (C=O) groups is 2. The summed E-state index contributed by atoms with van der Waals surface area (Å²) in [4.78, 5) is 30.7. The number of pyridine rings is 1. The summed E-state index contributed by atoms with van der Waals surface area (Å²) in [7, 11) is 0. The van der Waals surface area contributed by atoms with E-state index in [0.29, 0.717) is 12.2 Å². The topological polar surface area (TPSA) is 88.3 Å². The zero-order valence-electron chi connectivity index (χ0n) is 11.9. The molecule has 0 aromatic carbocycles. The number of anilines is 1. The third-order valence-electron chi connectivity index (χ3n) is 3.68. The maximum absolute atomic E-state index is 12.3. The maximum Gasteiger partial charge on any atom is 0.252 e. The van der Waals surface area contributed by atoms with Gasteiger partial charge < -0.3 is 16.0 Å². The van der Waals surface area contributed by atoms with E-state index < -0.39 is 5.91 Å². The Labute approximate surface area is 132 Å². The molecule has 22 heavy (non-hydrogen) atoms. The van der Waals surface area contributed by atoms with Gasteiger partial charge in [0.2, 0.25) is 5.91 Å². The fourth-order valence-corrected chi connectivity index (χ4v) is 3.38. The molecular weight excluding hydrogens is 300 g/mol. The molecule has 0 radical (unpaired) electrons. The molecular formula is C15H16N4O2S. The predicted molar refractivity (Wildman–Crippen MR) is 84.7 cm³/mol. The van der Waals surface area contributed by atoms with E-state index >= 15 is 0 Å². The first kappa shape index (κ1) is 14.5. The number of fused-ring (bicyclic) bond motifs is 1. The van der Waals surface area contributed by atoms with Crippen LogP contribution in [-0.2, 0) is 17.8 Å². The predicted octanol–water partition coefficient (Wildman–Crippen LogP) is 1.24. The molecule has 3 heterocycles. The number of nitrogens with one attached hydrogen (secondary N) is 1. The summed E-state index contributed by atoms with van der Waals surface area (Å²) in [5, 5.41) is 5.04. The molecule has 3 rings (SSSR count). The van der Waals surface area contributed by atoms with Crippen LogP contribution in [0.25, 0.3) is 0 Å². The third-order valence-corrected chi connectivity index (χ3v) is 4.70. The summed E-state index contributed by atoms with van der Waals surface area (Å²) >= 11 is 1.74. The number of primary amides is 1. The molecule has 6 nitrogen and oxygen atoms in total. The van der Waals surface area contributed by atoms with Crippen LogP contribution in [0.15, 0.2) is 29.9 Å². The van der Waals surface area contributed by atoms with Gasteiger partial charge in [0.1, 0.15) is 0 Å². The molecule has 2 aromatic heterocycles. The Morgan fingerprint density at radius 3 is 3.09 bits per heavy atom. The molecule has 0 saturated carbocycles. The van der Waals surface area contributed by atoms with E-state index in [-0.39, 0.29) is 18.0 Å². The number of rotatable bonds is 4. The lowest BCUT2D eigenvalue weighted by Gasteiger charge is -2.27. The zero-order valence-corrected chi connectivity index (χ0v) is 12.7. The second-order valence-corrected chi connectivity index (χ2v) is 6.07. The fraction of sp³-hybridized carbons (Fsp3) is 0.267. The van der Waals surface area contributed by atoms with Crippen molar-refractivity contribution < 1.29 is 9.59 Å². The van der Waals surface area contributed by atoms with Crippen molar-refractivity contribution in [2.45, 2.75) is 13.0 Å². The number of carbonyl (C=O) groups excluding carboxylic acids is 2. The molecule has 2 amide bonds.